The predicted molar refractivity (Wildman–Crippen MR) is 72.8 cm³/mol. The molecule has 0 fully saturated rings. The summed E-state index contributed by atoms with van der Waals surface area (Å²) in [6, 6.07) is 4.47. The first kappa shape index (κ1) is 14.1. The summed E-state index contributed by atoms with van der Waals surface area (Å²) in [6.45, 7) is 5.38. The van der Waals surface area contributed by atoms with Crippen LogP contribution in [0.2, 0.25) is 0 Å². The quantitative estimate of drug-likeness (QED) is 0.739. The van der Waals surface area contributed by atoms with Crippen LogP contribution in [0.1, 0.15) is 44.7 Å². The Bertz CT molecular complexity index is 298. The highest BCUT2D eigenvalue weighted by molar-refractivity contribution is 5.15. The lowest BCUT2D eigenvalue weighted by Crippen LogP contribution is -2.37. The number of rotatable bonds is 7. The number of nitrogens with zero attached hydrogens (tertiary/aromatic N) is 2. The summed E-state index contributed by atoms with van der Waals surface area (Å²) >= 11 is 0. The third-order valence-electron chi connectivity index (χ3n) is 3.11. The molecule has 0 aromatic carbocycles. The van der Waals surface area contributed by atoms with Crippen LogP contribution in [0.5, 0.6) is 0 Å². The van der Waals surface area contributed by atoms with E-state index in [0.717, 1.165) is 6.54 Å². The number of unbranched alkanes of at least 4 members (excludes halogenated alkanes) is 2. The summed E-state index contributed by atoms with van der Waals surface area (Å²) in [4.78, 5) is 6.53. The first-order valence-electron chi connectivity index (χ1n) is 6.52. The molecule has 0 aliphatic heterocycles. The van der Waals surface area contributed by atoms with Crippen LogP contribution in [0.25, 0.3) is 0 Å². The summed E-state index contributed by atoms with van der Waals surface area (Å²) in [7, 11) is 2.15. The lowest BCUT2D eigenvalue weighted by atomic mass is 10.0. The Balaban J connectivity index is 2.66. The fourth-order valence-electron chi connectivity index (χ4n) is 2.26. The molecule has 1 heterocycles. The smallest absolute Gasteiger partial charge is 0.0508 e. The second kappa shape index (κ2) is 7.41. The van der Waals surface area contributed by atoms with Crippen molar-refractivity contribution < 1.29 is 0 Å². The Labute approximate surface area is 105 Å². The largest absolute Gasteiger partial charge is 0.326 e. The minimum atomic E-state index is 0.117. The van der Waals surface area contributed by atoms with Gasteiger partial charge in [-0.3, -0.25) is 9.88 Å². The minimum Gasteiger partial charge on any atom is -0.326 e. The van der Waals surface area contributed by atoms with Gasteiger partial charge in [0.15, 0.2) is 0 Å². The Morgan fingerprint density at radius 2 is 2.18 bits per heavy atom. The van der Waals surface area contributed by atoms with Crippen molar-refractivity contribution in [2.75, 3.05) is 13.6 Å². The van der Waals surface area contributed by atoms with Gasteiger partial charge in [0.25, 0.3) is 0 Å². The van der Waals surface area contributed by atoms with Crippen molar-refractivity contribution in [1.29, 1.82) is 0 Å². The number of hydrogen-bond acceptors (Lipinski definition) is 3. The number of nitrogens with two attached hydrogens (primary N) is 1. The minimum absolute atomic E-state index is 0.117. The molecule has 1 aromatic rings. The molecule has 3 heteroatoms. The molecule has 0 radical (unpaired) electrons. The molecule has 0 saturated heterocycles. The molecule has 0 saturated carbocycles. The Kier molecular flexibility index (Phi) is 6.16. The molecule has 0 bridgehead atoms. The van der Waals surface area contributed by atoms with Gasteiger partial charge in [-0.05, 0) is 38.6 Å². The van der Waals surface area contributed by atoms with Gasteiger partial charge in [-0.25, -0.2) is 0 Å². The first-order chi connectivity index (χ1) is 8.16. The van der Waals surface area contributed by atoms with Crippen LogP contribution >= 0.6 is 0 Å². The molecule has 0 spiro atoms. The van der Waals surface area contributed by atoms with Crippen LogP contribution in [-0.4, -0.2) is 29.5 Å². The average Bonchev–Trinajstić information content (AvgIpc) is 2.30. The van der Waals surface area contributed by atoms with Gasteiger partial charge in [0.1, 0.15) is 0 Å². The van der Waals surface area contributed by atoms with Gasteiger partial charge < -0.3 is 5.73 Å². The van der Waals surface area contributed by atoms with Crippen molar-refractivity contribution >= 4 is 0 Å². The highest BCUT2D eigenvalue weighted by Gasteiger charge is 2.20. The molecule has 2 N–H and O–H groups in total. The van der Waals surface area contributed by atoms with E-state index < -0.39 is 0 Å². The molecule has 3 nitrogen and oxygen atoms in total. The monoisotopic (exact) mass is 235 g/mol. The summed E-state index contributed by atoms with van der Waals surface area (Å²) in [6.07, 6.45) is 7.49. The third-order valence-corrected chi connectivity index (χ3v) is 3.11. The van der Waals surface area contributed by atoms with E-state index >= 15 is 0 Å². The van der Waals surface area contributed by atoms with Crippen molar-refractivity contribution in [2.24, 2.45) is 5.73 Å². The van der Waals surface area contributed by atoms with Crippen LogP contribution in [0, 0.1) is 0 Å². The summed E-state index contributed by atoms with van der Waals surface area (Å²) < 4.78 is 0. The van der Waals surface area contributed by atoms with E-state index in [0.29, 0.717) is 0 Å². The number of pyridine rings is 1. The molecule has 17 heavy (non-hydrogen) atoms. The van der Waals surface area contributed by atoms with Crippen molar-refractivity contribution in [2.45, 2.75) is 45.2 Å². The number of aromatic nitrogens is 1. The van der Waals surface area contributed by atoms with E-state index in [1.165, 1.54) is 24.8 Å². The Morgan fingerprint density at radius 3 is 2.71 bits per heavy atom. The predicted octanol–water partition coefficient (Wildman–Crippen LogP) is 2.59. The average molecular weight is 235 g/mol. The molecule has 1 aromatic heterocycles. The molecule has 0 aliphatic rings. The van der Waals surface area contributed by atoms with E-state index in [1.807, 2.05) is 12.3 Å². The molecular weight excluding hydrogens is 210 g/mol. The fourth-order valence-corrected chi connectivity index (χ4v) is 2.26. The molecule has 2 atom stereocenters. The van der Waals surface area contributed by atoms with E-state index in [2.05, 4.69) is 36.8 Å². The second-order valence-electron chi connectivity index (χ2n) is 4.78. The number of hydrogen-bond donors (Lipinski definition) is 1. The van der Waals surface area contributed by atoms with Crippen molar-refractivity contribution in [3.63, 3.8) is 0 Å². The van der Waals surface area contributed by atoms with Crippen LogP contribution in [-0.2, 0) is 0 Å². The lowest BCUT2D eigenvalue weighted by Gasteiger charge is -2.31. The van der Waals surface area contributed by atoms with Crippen LogP contribution in [0.15, 0.2) is 24.5 Å². The molecule has 2 unspecified atom stereocenters. The SMILES string of the molecule is CCCCCN(C)C(c1cccnc1)C(C)N. The highest BCUT2D eigenvalue weighted by Crippen LogP contribution is 2.21. The van der Waals surface area contributed by atoms with Gasteiger partial charge in [0, 0.05) is 18.4 Å². The molecular formula is C14H25N3. The molecule has 0 amide bonds. The molecule has 96 valence electrons. The Hall–Kier alpha value is -0.930. The van der Waals surface area contributed by atoms with Crippen molar-refractivity contribution in [1.82, 2.24) is 9.88 Å². The lowest BCUT2D eigenvalue weighted by molar-refractivity contribution is 0.214. The zero-order chi connectivity index (χ0) is 12.7. The van der Waals surface area contributed by atoms with Crippen LogP contribution < -0.4 is 5.73 Å². The van der Waals surface area contributed by atoms with E-state index in [1.54, 1.807) is 6.20 Å². The van der Waals surface area contributed by atoms with Gasteiger partial charge in [0.05, 0.1) is 6.04 Å². The zero-order valence-electron chi connectivity index (χ0n) is 11.3. The maximum absolute atomic E-state index is 6.10. The van der Waals surface area contributed by atoms with Crippen LogP contribution in [0.3, 0.4) is 0 Å². The molecule has 1 rings (SSSR count). The van der Waals surface area contributed by atoms with E-state index in [-0.39, 0.29) is 12.1 Å². The third kappa shape index (κ3) is 4.44. The van der Waals surface area contributed by atoms with Crippen LogP contribution in [0.4, 0.5) is 0 Å². The normalized spacial score (nSPS) is 14.9. The second-order valence-corrected chi connectivity index (χ2v) is 4.78. The van der Waals surface area contributed by atoms with E-state index in [4.69, 9.17) is 5.73 Å². The topological polar surface area (TPSA) is 42.2 Å². The van der Waals surface area contributed by atoms with Crippen molar-refractivity contribution in [3.8, 4) is 0 Å². The first-order valence-corrected chi connectivity index (χ1v) is 6.52. The van der Waals surface area contributed by atoms with E-state index in [9.17, 15) is 0 Å². The van der Waals surface area contributed by atoms with Gasteiger partial charge in [0.2, 0.25) is 0 Å². The summed E-state index contributed by atoms with van der Waals surface area (Å²) in [5.41, 5.74) is 7.31. The molecule has 0 aliphatic carbocycles. The van der Waals surface area contributed by atoms with Gasteiger partial charge in [-0.2, -0.15) is 0 Å². The van der Waals surface area contributed by atoms with Gasteiger partial charge >= 0.3 is 0 Å². The van der Waals surface area contributed by atoms with Crippen molar-refractivity contribution in [3.05, 3.63) is 30.1 Å². The highest BCUT2D eigenvalue weighted by atomic mass is 15.1. The van der Waals surface area contributed by atoms with Gasteiger partial charge in [-0.15, -0.1) is 0 Å². The van der Waals surface area contributed by atoms with Gasteiger partial charge in [-0.1, -0.05) is 25.8 Å². The maximum Gasteiger partial charge on any atom is 0.0508 e. The Morgan fingerprint density at radius 1 is 1.41 bits per heavy atom. The fraction of sp³-hybridized carbons (Fsp3) is 0.643. The summed E-state index contributed by atoms with van der Waals surface area (Å²) in [5, 5.41) is 0. The number of likely N-dealkylation sites (N-methyl/N-ethyl adjacent to an activating group) is 1. The maximum atomic E-state index is 6.10. The standard InChI is InChI=1S/C14H25N3/c1-4-5-6-10-17(3)14(12(2)15)13-8-7-9-16-11-13/h7-9,11-12,14H,4-6,10,15H2,1-3H3. The zero-order valence-corrected chi connectivity index (χ0v) is 11.3. The summed E-state index contributed by atoms with van der Waals surface area (Å²) in [5.74, 6) is 0.